The van der Waals surface area contributed by atoms with Gasteiger partial charge in [-0.25, -0.2) is 4.68 Å². The standard InChI is InChI=1S/C13H18I2N2OSi.C7H4I2N2/c1-19(2,3)7-6-18-9-17-12-8-10(14)4-5-11(12)13(15)16-17;8-4-1-2-5-6(3-4)10-11-7(5)9/h4-5,8H,6-7,9H2,1-3H3;1-3H,(H,10,11). The molecule has 10 heteroatoms. The van der Waals surface area contributed by atoms with Gasteiger partial charge in [-0.05, 0) is 133 Å². The molecule has 30 heavy (non-hydrogen) atoms. The summed E-state index contributed by atoms with van der Waals surface area (Å²) in [5.74, 6) is 0. The summed E-state index contributed by atoms with van der Waals surface area (Å²) in [5, 5.41) is 14.0. The van der Waals surface area contributed by atoms with Gasteiger partial charge in [0, 0.05) is 32.6 Å². The summed E-state index contributed by atoms with van der Waals surface area (Å²) in [5.41, 5.74) is 2.20. The van der Waals surface area contributed by atoms with Crippen molar-refractivity contribution in [1.29, 1.82) is 0 Å². The van der Waals surface area contributed by atoms with Gasteiger partial charge >= 0.3 is 0 Å². The van der Waals surface area contributed by atoms with Crippen LogP contribution in [0.3, 0.4) is 0 Å². The predicted octanol–water partition coefficient (Wildman–Crippen LogP) is 7.33. The van der Waals surface area contributed by atoms with Crippen LogP contribution < -0.4 is 0 Å². The Hall–Kier alpha value is 0.477. The van der Waals surface area contributed by atoms with Crippen molar-refractivity contribution in [3.63, 3.8) is 0 Å². The van der Waals surface area contributed by atoms with Gasteiger partial charge < -0.3 is 4.74 Å². The highest BCUT2D eigenvalue weighted by atomic mass is 127. The van der Waals surface area contributed by atoms with Crippen molar-refractivity contribution in [2.24, 2.45) is 0 Å². The van der Waals surface area contributed by atoms with Crippen molar-refractivity contribution in [2.45, 2.75) is 32.4 Å². The fourth-order valence-corrected chi connectivity index (χ4v) is 5.69. The molecule has 0 aliphatic rings. The quantitative estimate of drug-likeness (QED) is 0.130. The second-order valence-electron chi connectivity index (χ2n) is 8.00. The van der Waals surface area contributed by atoms with Gasteiger partial charge in [-0.15, -0.1) is 0 Å². The fourth-order valence-electron chi connectivity index (χ4n) is 2.69. The molecule has 0 aliphatic heterocycles. The molecule has 0 unspecified atom stereocenters. The first-order valence-electron chi connectivity index (χ1n) is 9.32. The summed E-state index contributed by atoms with van der Waals surface area (Å²) in [6, 6.07) is 13.8. The fraction of sp³-hybridized carbons (Fsp3) is 0.300. The van der Waals surface area contributed by atoms with E-state index in [4.69, 9.17) is 4.74 Å². The average Bonchev–Trinajstić information content (AvgIpc) is 3.18. The van der Waals surface area contributed by atoms with Crippen molar-refractivity contribution in [3.8, 4) is 0 Å². The molecule has 0 atom stereocenters. The smallest absolute Gasteiger partial charge is 0.140 e. The van der Waals surface area contributed by atoms with Crippen molar-refractivity contribution < 1.29 is 4.74 Å². The third-order valence-electron chi connectivity index (χ3n) is 4.35. The van der Waals surface area contributed by atoms with Crippen molar-refractivity contribution in [1.82, 2.24) is 20.0 Å². The summed E-state index contributed by atoms with van der Waals surface area (Å²) in [7, 11) is -1.01. The first kappa shape index (κ1) is 25.1. The molecule has 0 fully saturated rings. The summed E-state index contributed by atoms with van der Waals surface area (Å²) < 4.78 is 12.3. The van der Waals surface area contributed by atoms with Gasteiger partial charge in [0.15, 0.2) is 0 Å². The van der Waals surface area contributed by atoms with E-state index in [1.54, 1.807) is 0 Å². The van der Waals surface area contributed by atoms with Gasteiger partial charge in [-0.3, -0.25) is 5.10 Å². The number of aromatic amines is 1. The van der Waals surface area contributed by atoms with Crippen LogP contribution in [0, 0.1) is 14.5 Å². The maximum atomic E-state index is 5.79. The summed E-state index contributed by atoms with van der Waals surface area (Å²) >= 11 is 9.14. The Labute approximate surface area is 232 Å². The van der Waals surface area contributed by atoms with Crippen LogP contribution in [0.4, 0.5) is 0 Å². The summed E-state index contributed by atoms with van der Waals surface area (Å²) in [6.07, 6.45) is 0. The van der Waals surface area contributed by atoms with E-state index in [0.29, 0.717) is 6.73 Å². The molecule has 2 aromatic carbocycles. The molecule has 5 nitrogen and oxygen atoms in total. The molecule has 1 N–H and O–H groups in total. The van der Waals surface area contributed by atoms with Crippen molar-refractivity contribution >= 4 is 120 Å². The molecule has 0 aliphatic carbocycles. The zero-order chi connectivity index (χ0) is 21.9. The largest absolute Gasteiger partial charge is 0.360 e. The van der Waals surface area contributed by atoms with E-state index in [2.05, 4.69) is 162 Å². The number of hydrogen-bond donors (Lipinski definition) is 1. The minimum Gasteiger partial charge on any atom is -0.360 e. The topological polar surface area (TPSA) is 55.7 Å². The van der Waals surface area contributed by atoms with E-state index in [-0.39, 0.29) is 0 Å². The highest BCUT2D eigenvalue weighted by Gasteiger charge is 2.13. The Bertz CT molecular complexity index is 1150. The molecule has 0 spiro atoms. The van der Waals surface area contributed by atoms with Crippen LogP contribution in [0.5, 0.6) is 0 Å². The zero-order valence-corrected chi connectivity index (χ0v) is 26.5. The minimum absolute atomic E-state index is 0.546. The van der Waals surface area contributed by atoms with E-state index >= 15 is 0 Å². The van der Waals surface area contributed by atoms with Crippen LogP contribution in [0.1, 0.15) is 0 Å². The van der Waals surface area contributed by atoms with Gasteiger partial charge in [0.25, 0.3) is 0 Å². The average molecular weight is 870 g/mol. The van der Waals surface area contributed by atoms with Crippen LogP contribution in [0.25, 0.3) is 21.8 Å². The molecule has 2 heterocycles. The highest BCUT2D eigenvalue weighted by Crippen LogP contribution is 2.23. The normalized spacial score (nSPS) is 11.7. The maximum Gasteiger partial charge on any atom is 0.140 e. The molecule has 0 amide bonds. The lowest BCUT2D eigenvalue weighted by Gasteiger charge is -2.15. The molecule has 4 aromatic rings. The number of halogens is 4. The van der Waals surface area contributed by atoms with E-state index in [1.807, 2.05) is 4.68 Å². The number of nitrogens with one attached hydrogen (secondary N) is 1. The van der Waals surface area contributed by atoms with Gasteiger partial charge in [0.05, 0.1) is 11.0 Å². The molecule has 0 bridgehead atoms. The van der Waals surface area contributed by atoms with Gasteiger partial charge in [-0.2, -0.15) is 10.2 Å². The Morgan fingerprint density at radius 3 is 2.33 bits per heavy atom. The van der Waals surface area contributed by atoms with Gasteiger partial charge in [0.1, 0.15) is 14.1 Å². The number of nitrogens with zero attached hydrogens (tertiary/aromatic N) is 3. The molecule has 160 valence electrons. The molecular weight excluding hydrogens is 848 g/mol. The Balaban J connectivity index is 0.000000196. The second-order valence-corrected chi connectivity index (χ2v) is 18.2. The maximum absolute atomic E-state index is 5.79. The summed E-state index contributed by atoms with van der Waals surface area (Å²) in [6.45, 7) is 8.47. The van der Waals surface area contributed by atoms with Crippen LogP contribution in [0.2, 0.25) is 25.7 Å². The molecule has 0 saturated carbocycles. The first-order chi connectivity index (χ1) is 14.1. The minimum atomic E-state index is -1.01. The van der Waals surface area contributed by atoms with Crippen molar-refractivity contribution in [3.05, 3.63) is 50.9 Å². The number of hydrogen-bond acceptors (Lipinski definition) is 3. The van der Waals surface area contributed by atoms with Gasteiger partial charge in [-0.1, -0.05) is 19.6 Å². The van der Waals surface area contributed by atoms with Crippen LogP contribution >= 0.6 is 90.4 Å². The monoisotopic (exact) mass is 870 g/mol. The van der Waals surface area contributed by atoms with Crippen molar-refractivity contribution in [2.75, 3.05) is 6.61 Å². The second kappa shape index (κ2) is 11.1. The molecule has 0 saturated heterocycles. The number of aromatic nitrogens is 4. The Kier molecular flexibility index (Phi) is 9.26. The summed E-state index contributed by atoms with van der Waals surface area (Å²) in [4.78, 5) is 0. The van der Waals surface area contributed by atoms with Crippen LogP contribution in [-0.2, 0) is 11.5 Å². The number of benzene rings is 2. The van der Waals surface area contributed by atoms with E-state index < -0.39 is 8.07 Å². The van der Waals surface area contributed by atoms with Gasteiger partial charge in [0.2, 0.25) is 0 Å². The first-order valence-corrected chi connectivity index (χ1v) is 17.3. The number of rotatable bonds is 5. The van der Waals surface area contributed by atoms with E-state index in [1.165, 1.54) is 24.0 Å². The number of ether oxygens (including phenoxy) is 1. The SMILES string of the molecule is C[Si](C)(C)CCOCn1nc(I)c2ccc(I)cc21.Ic1ccc2c(I)[nH]nc2c1. The number of fused-ring (bicyclic) bond motifs is 2. The Morgan fingerprint density at radius 1 is 0.967 bits per heavy atom. The van der Waals surface area contributed by atoms with E-state index in [0.717, 1.165) is 25.0 Å². The third-order valence-corrected chi connectivity index (χ3v) is 9.01. The third kappa shape index (κ3) is 6.99. The Morgan fingerprint density at radius 2 is 1.63 bits per heavy atom. The van der Waals surface area contributed by atoms with Crippen LogP contribution in [-0.4, -0.2) is 34.7 Å². The highest BCUT2D eigenvalue weighted by molar-refractivity contribution is 14.1. The lowest BCUT2D eigenvalue weighted by Crippen LogP contribution is -2.22. The lowest BCUT2D eigenvalue weighted by molar-refractivity contribution is 0.0814. The van der Waals surface area contributed by atoms with Crippen LogP contribution in [0.15, 0.2) is 36.4 Å². The molecule has 4 rings (SSSR count). The predicted molar refractivity (Wildman–Crippen MR) is 161 cm³/mol. The number of H-pyrrole nitrogens is 1. The van der Waals surface area contributed by atoms with E-state index in [9.17, 15) is 0 Å². The zero-order valence-electron chi connectivity index (χ0n) is 16.8. The molecule has 0 radical (unpaired) electrons. The lowest BCUT2D eigenvalue weighted by atomic mass is 10.3. The molecule has 2 aromatic heterocycles. The molecular formula is C20H22I4N4OSi.